The first kappa shape index (κ1) is 19.4. The normalized spacial score (nSPS) is 14.1. The summed E-state index contributed by atoms with van der Waals surface area (Å²) in [6, 6.07) is 15.7. The lowest BCUT2D eigenvalue weighted by Crippen LogP contribution is -2.48. The Bertz CT molecular complexity index is 782. The standard InChI is InChI=1S/C21H24BrN3O2/c1-2-21(27)25-13-11-24(12-14-25)19-9-7-18(8-10-19)23-20(26)15-16-3-5-17(22)6-4-16/h3-10H,2,11-15H2,1H3,(H,23,26). The number of nitrogens with one attached hydrogen (secondary N) is 1. The van der Waals surface area contributed by atoms with E-state index in [1.165, 1.54) is 0 Å². The Morgan fingerprint density at radius 2 is 1.59 bits per heavy atom. The van der Waals surface area contributed by atoms with Gasteiger partial charge in [-0.05, 0) is 42.0 Å². The number of amides is 2. The van der Waals surface area contributed by atoms with Crippen LogP contribution in [0.15, 0.2) is 53.0 Å². The first-order valence-corrected chi connectivity index (χ1v) is 10.0. The Balaban J connectivity index is 1.52. The molecule has 1 fully saturated rings. The fourth-order valence-corrected chi connectivity index (χ4v) is 3.45. The number of benzene rings is 2. The summed E-state index contributed by atoms with van der Waals surface area (Å²) in [5, 5.41) is 2.94. The van der Waals surface area contributed by atoms with Crippen LogP contribution >= 0.6 is 15.9 Å². The zero-order chi connectivity index (χ0) is 19.2. The highest BCUT2D eigenvalue weighted by Gasteiger charge is 2.20. The lowest BCUT2D eigenvalue weighted by Gasteiger charge is -2.36. The third-order valence-electron chi connectivity index (χ3n) is 4.73. The van der Waals surface area contributed by atoms with Gasteiger partial charge in [-0.15, -0.1) is 0 Å². The summed E-state index contributed by atoms with van der Waals surface area (Å²) in [5.41, 5.74) is 2.89. The van der Waals surface area contributed by atoms with Crippen LogP contribution in [0.1, 0.15) is 18.9 Å². The quantitative estimate of drug-likeness (QED) is 0.788. The zero-order valence-corrected chi connectivity index (χ0v) is 17.0. The minimum absolute atomic E-state index is 0.0308. The zero-order valence-electron chi connectivity index (χ0n) is 15.5. The van der Waals surface area contributed by atoms with Crippen LogP contribution in [-0.2, 0) is 16.0 Å². The molecular formula is C21H24BrN3O2. The molecule has 6 heteroatoms. The van der Waals surface area contributed by atoms with Gasteiger partial charge in [0.15, 0.2) is 0 Å². The number of hydrogen-bond acceptors (Lipinski definition) is 3. The molecule has 27 heavy (non-hydrogen) atoms. The first-order valence-electron chi connectivity index (χ1n) is 9.22. The van der Waals surface area contributed by atoms with Crippen LogP contribution in [0.5, 0.6) is 0 Å². The molecule has 2 amide bonds. The summed E-state index contributed by atoms with van der Waals surface area (Å²) in [5.74, 6) is 0.190. The second-order valence-electron chi connectivity index (χ2n) is 6.62. The number of nitrogens with zero attached hydrogens (tertiary/aromatic N) is 2. The molecule has 3 rings (SSSR count). The topological polar surface area (TPSA) is 52.7 Å². The van der Waals surface area contributed by atoms with E-state index in [0.29, 0.717) is 12.8 Å². The summed E-state index contributed by atoms with van der Waals surface area (Å²) in [7, 11) is 0. The highest BCUT2D eigenvalue weighted by atomic mass is 79.9. The summed E-state index contributed by atoms with van der Waals surface area (Å²) in [4.78, 5) is 28.2. The number of carbonyl (C=O) groups is 2. The second-order valence-corrected chi connectivity index (χ2v) is 7.54. The maximum absolute atomic E-state index is 12.2. The number of piperazine rings is 1. The Kier molecular flexibility index (Phi) is 6.50. The Morgan fingerprint density at radius 3 is 2.19 bits per heavy atom. The maximum Gasteiger partial charge on any atom is 0.228 e. The molecule has 1 N–H and O–H groups in total. The molecule has 0 radical (unpaired) electrons. The molecule has 0 bridgehead atoms. The van der Waals surface area contributed by atoms with Gasteiger partial charge in [0.25, 0.3) is 0 Å². The van der Waals surface area contributed by atoms with Gasteiger partial charge in [-0.2, -0.15) is 0 Å². The summed E-state index contributed by atoms with van der Waals surface area (Å²) in [6.07, 6.45) is 0.914. The Morgan fingerprint density at radius 1 is 0.963 bits per heavy atom. The van der Waals surface area contributed by atoms with Gasteiger partial charge in [0.05, 0.1) is 6.42 Å². The van der Waals surface area contributed by atoms with Gasteiger partial charge < -0.3 is 15.1 Å². The van der Waals surface area contributed by atoms with E-state index in [1.807, 2.05) is 60.4 Å². The van der Waals surface area contributed by atoms with E-state index in [4.69, 9.17) is 0 Å². The number of carbonyl (C=O) groups excluding carboxylic acids is 2. The van der Waals surface area contributed by atoms with Gasteiger partial charge in [-0.3, -0.25) is 9.59 Å². The number of anilines is 2. The molecule has 142 valence electrons. The largest absolute Gasteiger partial charge is 0.368 e. The van der Waals surface area contributed by atoms with Crippen molar-refractivity contribution in [3.05, 3.63) is 58.6 Å². The predicted molar refractivity (Wildman–Crippen MR) is 112 cm³/mol. The minimum atomic E-state index is -0.0308. The van der Waals surface area contributed by atoms with Crippen LogP contribution < -0.4 is 10.2 Å². The number of hydrogen-bond donors (Lipinski definition) is 1. The molecule has 2 aromatic rings. The fraction of sp³-hybridized carbons (Fsp3) is 0.333. The van der Waals surface area contributed by atoms with Gasteiger partial charge in [0, 0.05) is 48.4 Å². The molecule has 0 unspecified atom stereocenters. The van der Waals surface area contributed by atoms with Crippen molar-refractivity contribution in [3.63, 3.8) is 0 Å². The van der Waals surface area contributed by atoms with E-state index in [1.54, 1.807) is 0 Å². The van der Waals surface area contributed by atoms with Crippen LogP contribution in [0, 0.1) is 0 Å². The molecule has 1 saturated heterocycles. The molecule has 0 spiro atoms. The lowest BCUT2D eigenvalue weighted by molar-refractivity contribution is -0.131. The van der Waals surface area contributed by atoms with Crippen molar-refractivity contribution < 1.29 is 9.59 Å². The number of rotatable bonds is 5. The highest BCUT2D eigenvalue weighted by Crippen LogP contribution is 2.20. The van der Waals surface area contributed by atoms with Crippen molar-refractivity contribution in [2.24, 2.45) is 0 Å². The molecule has 1 aliphatic heterocycles. The van der Waals surface area contributed by atoms with Gasteiger partial charge >= 0.3 is 0 Å². The van der Waals surface area contributed by atoms with Gasteiger partial charge in [-0.25, -0.2) is 0 Å². The number of halogens is 1. The molecule has 0 aliphatic carbocycles. The van der Waals surface area contributed by atoms with Crippen LogP contribution in [0.2, 0.25) is 0 Å². The van der Waals surface area contributed by atoms with E-state index < -0.39 is 0 Å². The van der Waals surface area contributed by atoms with Crippen molar-refractivity contribution >= 4 is 39.1 Å². The van der Waals surface area contributed by atoms with Crippen molar-refractivity contribution in [1.29, 1.82) is 0 Å². The first-order chi connectivity index (χ1) is 13.0. The molecule has 0 aromatic heterocycles. The fourth-order valence-electron chi connectivity index (χ4n) is 3.19. The third-order valence-corrected chi connectivity index (χ3v) is 5.26. The summed E-state index contributed by atoms with van der Waals surface area (Å²) >= 11 is 3.40. The smallest absolute Gasteiger partial charge is 0.228 e. The van der Waals surface area contributed by atoms with E-state index in [2.05, 4.69) is 26.1 Å². The van der Waals surface area contributed by atoms with Gasteiger partial charge in [0.1, 0.15) is 0 Å². The van der Waals surface area contributed by atoms with Crippen LogP contribution in [0.3, 0.4) is 0 Å². The van der Waals surface area contributed by atoms with Crippen LogP contribution in [0.4, 0.5) is 11.4 Å². The molecule has 5 nitrogen and oxygen atoms in total. The SMILES string of the molecule is CCC(=O)N1CCN(c2ccc(NC(=O)Cc3ccc(Br)cc3)cc2)CC1. The molecule has 0 saturated carbocycles. The summed E-state index contributed by atoms with van der Waals surface area (Å²) in [6.45, 7) is 5.09. The van der Waals surface area contributed by atoms with Crippen LogP contribution in [-0.4, -0.2) is 42.9 Å². The molecule has 0 atom stereocenters. The summed E-state index contributed by atoms with van der Waals surface area (Å²) < 4.78 is 1.00. The monoisotopic (exact) mass is 429 g/mol. The molecular weight excluding hydrogens is 406 g/mol. The van der Waals surface area contributed by atoms with Gasteiger partial charge in [-0.1, -0.05) is 35.0 Å². The lowest BCUT2D eigenvalue weighted by atomic mass is 10.1. The van der Waals surface area contributed by atoms with Crippen LogP contribution in [0.25, 0.3) is 0 Å². The highest BCUT2D eigenvalue weighted by molar-refractivity contribution is 9.10. The van der Waals surface area contributed by atoms with E-state index in [-0.39, 0.29) is 11.8 Å². The van der Waals surface area contributed by atoms with E-state index in [9.17, 15) is 9.59 Å². The average molecular weight is 430 g/mol. The Hall–Kier alpha value is -2.34. The Labute approximate surface area is 168 Å². The third kappa shape index (κ3) is 5.32. The van der Waals surface area contributed by atoms with E-state index >= 15 is 0 Å². The maximum atomic E-state index is 12.2. The minimum Gasteiger partial charge on any atom is -0.368 e. The predicted octanol–water partition coefficient (Wildman–Crippen LogP) is 3.69. The van der Waals surface area contributed by atoms with E-state index in [0.717, 1.165) is 47.6 Å². The molecule has 1 aliphatic rings. The second kappa shape index (κ2) is 9.04. The van der Waals surface area contributed by atoms with Crippen molar-refractivity contribution in [2.75, 3.05) is 36.4 Å². The van der Waals surface area contributed by atoms with Crippen molar-refractivity contribution in [3.8, 4) is 0 Å². The van der Waals surface area contributed by atoms with Crippen molar-refractivity contribution in [2.45, 2.75) is 19.8 Å². The van der Waals surface area contributed by atoms with Crippen molar-refractivity contribution in [1.82, 2.24) is 4.90 Å². The van der Waals surface area contributed by atoms with Gasteiger partial charge in [0.2, 0.25) is 11.8 Å². The average Bonchev–Trinajstić information content (AvgIpc) is 2.70. The molecule has 1 heterocycles. The molecule has 2 aromatic carbocycles.